The lowest BCUT2D eigenvalue weighted by Gasteiger charge is -2.32. The summed E-state index contributed by atoms with van der Waals surface area (Å²) in [7, 11) is -3.00. The lowest BCUT2D eigenvalue weighted by Crippen LogP contribution is -2.41. The van der Waals surface area contributed by atoms with Crippen molar-refractivity contribution in [2.75, 3.05) is 18.8 Å². The molecule has 2 unspecified atom stereocenters. The van der Waals surface area contributed by atoms with Gasteiger partial charge in [0.2, 0.25) is 5.91 Å². The minimum atomic E-state index is -3.00. The number of benzene rings is 1. The summed E-state index contributed by atoms with van der Waals surface area (Å²) >= 11 is 0. The molecular weight excluding hydrogens is 358 g/mol. The second kappa shape index (κ2) is 7.94. The third kappa shape index (κ3) is 4.56. The highest BCUT2D eigenvalue weighted by Crippen LogP contribution is 2.41. The molecule has 0 aromatic heterocycles. The number of amides is 1. The fourth-order valence-electron chi connectivity index (χ4n) is 4.55. The number of sulfone groups is 1. The maximum Gasteiger partial charge on any atom is 0.226 e. The van der Waals surface area contributed by atoms with Crippen molar-refractivity contribution in [3.8, 4) is 0 Å². The zero-order valence-corrected chi connectivity index (χ0v) is 17.9. The molecule has 0 N–H and O–H groups in total. The molecule has 1 saturated heterocycles. The molecule has 3 rings (SSSR count). The first-order valence-electron chi connectivity index (χ1n) is 10.3. The van der Waals surface area contributed by atoms with Crippen LogP contribution in [0.4, 0.5) is 0 Å². The van der Waals surface area contributed by atoms with E-state index in [4.69, 9.17) is 0 Å². The number of fused-ring (bicyclic) bond motifs is 1. The second-order valence-corrected chi connectivity index (χ2v) is 11.5. The third-order valence-corrected chi connectivity index (χ3v) is 8.80. The summed E-state index contributed by atoms with van der Waals surface area (Å²) in [6, 6.07) is 6.53. The Morgan fingerprint density at radius 1 is 1.11 bits per heavy atom. The van der Waals surface area contributed by atoms with E-state index in [2.05, 4.69) is 32.0 Å². The molecule has 1 aromatic carbocycles. The number of hydrogen-bond donors (Lipinski definition) is 0. The molecule has 0 spiro atoms. The molecule has 1 amide bonds. The van der Waals surface area contributed by atoms with Crippen molar-refractivity contribution in [1.82, 2.24) is 4.90 Å². The van der Waals surface area contributed by atoms with Gasteiger partial charge >= 0.3 is 0 Å². The van der Waals surface area contributed by atoms with E-state index in [0.29, 0.717) is 31.3 Å². The summed E-state index contributed by atoms with van der Waals surface area (Å²) in [6.45, 7) is 9.38. The van der Waals surface area contributed by atoms with E-state index < -0.39 is 9.84 Å². The zero-order valence-electron chi connectivity index (χ0n) is 17.1. The molecular formula is C22H33NO3S. The average molecular weight is 392 g/mol. The number of hydrogen-bond acceptors (Lipinski definition) is 3. The van der Waals surface area contributed by atoms with Crippen molar-refractivity contribution in [1.29, 1.82) is 0 Å². The van der Waals surface area contributed by atoms with Gasteiger partial charge in [0.15, 0.2) is 9.84 Å². The van der Waals surface area contributed by atoms with Crippen LogP contribution in [0.25, 0.3) is 0 Å². The zero-order chi connectivity index (χ0) is 19.8. The predicted octanol–water partition coefficient (Wildman–Crippen LogP) is 3.90. The fraction of sp³-hybridized carbons (Fsp3) is 0.682. The molecule has 1 aromatic rings. The largest absolute Gasteiger partial charge is 0.342 e. The second-order valence-electron chi connectivity index (χ2n) is 8.88. The van der Waals surface area contributed by atoms with Gasteiger partial charge in [-0.25, -0.2) is 8.42 Å². The van der Waals surface area contributed by atoms with E-state index in [1.165, 1.54) is 17.5 Å². The van der Waals surface area contributed by atoms with Gasteiger partial charge in [-0.05, 0) is 67.6 Å². The van der Waals surface area contributed by atoms with Gasteiger partial charge < -0.3 is 4.90 Å². The molecule has 0 bridgehead atoms. The first-order chi connectivity index (χ1) is 12.7. The molecule has 5 heteroatoms. The van der Waals surface area contributed by atoms with Crippen LogP contribution in [0.1, 0.15) is 75.5 Å². The van der Waals surface area contributed by atoms with Gasteiger partial charge in [0.1, 0.15) is 0 Å². The van der Waals surface area contributed by atoms with Crippen molar-refractivity contribution in [2.24, 2.45) is 5.92 Å². The topological polar surface area (TPSA) is 54.5 Å². The van der Waals surface area contributed by atoms with Gasteiger partial charge in [0, 0.05) is 13.1 Å². The SMILES string of the molecule is CC1CC(C)c2cc(CC(=O)N3CCC(CS(=O)(=O)C(C)C)CC3)ccc21. The van der Waals surface area contributed by atoms with Crippen LogP contribution in [0.5, 0.6) is 0 Å². The van der Waals surface area contributed by atoms with Crippen LogP contribution in [-0.2, 0) is 21.1 Å². The van der Waals surface area contributed by atoms with Gasteiger partial charge in [-0.2, -0.15) is 0 Å². The van der Waals surface area contributed by atoms with Gasteiger partial charge in [-0.3, -0.25) is 4.79 Å². The van der Waals surface area contributed by atoms with Crippen LogP contribution in [0.15, 0.2) is 18.2 Å². The highest BCUT2D eigenvalue weighted by atomic mass is 32.2. The predicted molar refractivity (Wildman–Crippen MR) is 110 cm³/mol. The molecule has 0 radical (unpaired) electrons. The Labute approximate surface area is 164 Å². The molecule has 1 aliphatic heterocycles. The van der Waals surface area contributed by atoms with Crippen LogP contribution in [0, 0.1) is 5.92 Å². The van der Waals surface area contributed by atoms with Crippen molar-refractivity contribution in [3.05, 3.63) is 34.9 Å². The Bertz CT molecular complexity index is 792. The Morgan fingerprint density at radius 2 is 1.74 bits per heavy atom. The molecule has 1 fully saturated rings. The minimum Gasteiger partial charge on any atom is -0.342 e. The van der Waals surface area contributed by atoms with Gasteiger partial charge in [0.25, 0.3) is 0 Å². The monoisotopic (exact) mass is 391 g/mol. The Morgan fingerprint density at radius 3 is 2.37 bits per heavy atom. The van der Waals surface area contributed by atoms with Crippen LogP contribution in [-0.4, -0.2) is 43.3 Å². The van der Waals surface area contributed by atoms with E-state index in [1.54, 1.807) is 13.8 Å². The smallest absolute Gasteiger partial charge is 0.226 e. The first-order valence-corrected chi connectivity index (χ1v) is 12.0. The Kier molecular flexibility index (Phi) is 5.99. The van der Waals surface area contributed by atoms with Gasteiger partial charge in [0.05, 0.1) is 17.4 Å². The summed E-state index contributed by atoms with van der Waals surface area (Å²) in [4.78, 5) is 14.6. The number of carbonyl (C=O) groups is 1. The maximum atomic E-state index is 12.7. The lowest BCUT2D eigenvalue weighted by atomic mass is 9.96. The number of piperidine rings is 1. The molecule has 2 aliphatic rings. The normalized spacial score (nSPS) is 23.7. The van der Waals surface area contributed by atoms with Crippen LogP contribution >= 0.6 is 0 Å². The van der Waals surface area contributed by atoms with Crippen molar-refractivity contribution >= 4 is 15.7 Å². The molecule has 27 heavy (non-hydrogen) atoms. The van der Waals surface area contributed by atoms with Crippen molar-refractivity contribution in [2.45, 2.75) is 70.5 Å². The number of likely N-dealkylation sites (tertiary alicyclic amines) is 1. The first kappa shape index (κ1) is 20.4. The third-order valence-electron chi connectivity index (χ3n) is 6.43. The molecule has 1 aliphatic carbocycles. The minimum absolute atomic E-state index is 0.166. The molecule has 1 heterocycles. The summed E-state index contributed by atoms with van der Waals surface area (Å²) in [5.41, 5.74) is 3.94. The quantitative estimate of drug-likeness (QED) is 0.765. The average Bonchev–Trinajstić information content (AvgIpc) is 2.89. The van der Waals surface area contributed by atoms with E-state index in [9.17, 15) is 13.2 Å². The molecule has 0 saturated carbocycles. The lowest BCUT2D eigenvalue weighted by molar-refractivity contribution is -0.131. The summed E-state index contributed by atoms with van der Waals surface area (Å²) < 4.78 is 24.2. The number of nitrogens with zero attached hydrogens (tertiary/aromatic N) is 1. The standard InChI is InChI=1S/C22H33NO3S/c1-15(2)27(25,26)14-18-7-9-23(10-8-18)22(24)13-19-5-6-20-16(3)11-17(4)21(20)12-19/h5-6,12,15-18H,7-11,13-14H2,1-4H3. The van der Waals surface area contributed by atoms with Crippen LogP contribution < -0.4 is 0 Å². The van der Waals surface area contributed by atoms with Gasteiger partial charge in [-0.1, -0.05) is 32.0 Å². The molecule has 2 atom stereocenters. The molecule has 4 nitrogen and oxygen atoms in total. The van der Waals surface area contributed by atoms with E-state index in [1.807, 2.05) is 4.90 Å². The summed E-state index contributed by atoms with van der Waals surface area (Å²) in [5, 5.41) is -0.318. The van der Waals surface area contributed by atoms with E-state index in [-0.39, 0.29) is 22.8 Å². The molecule has 150 valence electrons. The highest BCUT2D eigenvalue weighted by molar-refractivity contribution is 7.91. The Hall–Kier alpha value is -1.36. The fourth-order valence-corrected chi connectivity index (χ4v) is 5.93. The number of rotatable bonds is 5. The van der Waals surface area contributed by atoms with Crippen LogP contribution in [0.3, 0.4) is 0 Å². The highest BCUT2D eigenvalue weighted by Gasteiger charge is 2.29. The summed E-state index contributed by atoms with van der Waals surface area (Å²) in [5.74, 6) is 1.79. The van der Waals surface area contributed by atoms with Gasteiger partial charge in [-0.15, -0.1) is 0 Å². The van der Waals surface area contributed by atoms with Crippen molar-refractivity contribution in [3.63, 3.8) is 0 Å². The summed E-state index contributed by atoms with van der Waals surface area (Å²) in [6.07, 6.45) is 3.22. The maximum absolute atomic E-state index is 12.7. The van der Waals surface area contributed by atoms with E-state index >= 15 is 0 Å². The number of carbonyl (C=O) groups excluding carboxylic acids is 1. The van der Waals surface area contributed by atoms with Crippen molar-refractivity contribution < 1.29 is 13.2 Å². The van der Waals surface area contributed by atoms with E-state index in [0.717, 1.165) is 18.4 Å². The van der Waals surface area contributed by atoms with Crippen LogP contribution in [0.2, 0.25) is 0 Å². The Balaban J connectivity index is 1.56.